The van der Waals surface area contributed by atoms with Crippen molar-refractivity contribution in [2.45, 2.75) is 25.0 Å². The lowest BCUT2D eigenvalue weighted by Gasteiger charge is -2.26. The Labute approximate surface area is 109 Å². The van der Waals surface area contributed by atoms with Crippen molar-refractivity contribution in [1.82, 2.24) is 19.6 Å². The number of aryl methyl sites for hydroxylation is 1. The zero-order valence-electron chi connectivity index (χ0n) is 11.6. The van der Waals surface area contributed by atoms with E-state index in [0.717, 1.165) is 32.5 Å². The topological polar surface area (TPSA) is 44.5 Å². The first-order valence-corrected chi connectivity index (χ1v) is 6.59. The van der Waals surface area contributed by atoms with Crippen LogP contribution >= 0.6 is 0 Å². The van der Waals surface area contributed by atoms with E-state index in [1.54, 1.807) is 0 Å². The average Bonchev–Trinajstić information content (AvgIpc) is 2.82. The molecule has 2 unspecified atom stereocenters. The van der Waals surface area contributed by atoms with Crippen molar-refractivity contribution in [2.24, 2.45) is 7.05 Å². The van der Waals surface area contributed by atoms with Gasteiger partial charge < -0.3 is 10.0 Å². The van der Waals surface area contributed by atoms with E-state index in [2.05, 4.69) is 35.2 Å². The van der Waals surface area contributed by atoms with Crippen LogP contribution in [0, 0.1) is 0 Å². The lowest BCUT2D eigenvalue weighted by Crippen LogP contribution is -2.38. The van der Waals surface area contributed by atoms with Gasteiger partial charge in [-0.25, -0.2) is 0 Å². The lowest BCUT2D eigenvalue weighted by atomic mass is 10.2. The standard InChI is InChI=1S/C13H24N4O/c1-15(2)9-12-6-13(18)10-17(12)5-4-11-7-14-16(3)8-11/h7-8,12-13,18H,4-6,9-10H2,1-3H3. The summed E-state index contributed by atoms with van der Waals surface area (Å²) in [6.07, 6.45) is 5.72. The summed E-state index contributed by atoms with van der Waals surface area (Å²) in [5, 5.41) is 14.0. The maximum absolute atomic E-state index is 9.81. The Hall–Kier alpha value is -0.910. The van der Waals surface area contributed by atoms with Crippen LogP contribution in [0.3, 0.4) is 0 Å². The number of rotatable bonds is 5. The Bertz CT molecular complexity index is 377. The van der Waals surface area contributed by atoms with E-state index in [9.17, 15) is 5.11 Å². The van der Waals surface area contributed by atoms with E-state index in [4.69, 9.17) is 0 Å². The van der Waals surface area contributed by atoms with Gasteiger partial charge in [0.25, 0.3) is 0 Å². The van der Waals surface area contributed by atoms with E-state index >= 15 is 0 Å². The summed E-state index contributed by atoms with van der Waals surface area (Å²) in [6.45, 7) is 2.82. The molecule has 5 heteroatoms. The van der Waals surface area contributed by atoms with Crippen LogP contribution in [0.5, 0.6) is 0 Å². The van der Waals surface area contributed by atoms with Gasteiger partial charge in [-0.15, -0.1) is 0 Å². The monoisotopic (exact) mass is 252 g/mol. The SMILES string of the molecule is CN(C)CC1CC(O)CN1CCc1cnn(C)c1. The predicted octanol–water partition coefficient (Wildman–Crippen LogP) is -0.0406. The second kappa shape index (κ2) is 5.82. The van der Waals surface area contributed by atoms with Crippen LogP contribution in [0.25, 0.3) is 0 Å². The second-order valence-corrected chi connectivity index (χ2v) is 5.57. The molecule has 1 aliphatic heterocycles. The largest absolute Gasteiger partial charge is 0.392 e. The Balaban J connectivity index is 1.86. The molecule has 0 aromatic carbocycles. The third-order valence-corrected chi connectivity index (χ3v) is 3.53. The Kier molecular flexibility index (Phi) is 4.37. The number of likely N-dealkylation sites (tertiary alicyclic amines) is 1. The molecule has 1 fully saturated rings. The van der Waals surface area contributed by atoms with Gasteiger partial charge in [-0.05, 0) is 32.5 Å². The molecule has 2 atom stereocenters. The normalized spacial score (nSPS) is 25.2. The quantitative estimate of drug-likeness (QED) is 0.798. The van der Waals surface area contributed by atoms with E-state index in [1.165, 1.54) is 5.56 Å². The van der Waals surface area contributed by atoms with Crippen LogP contribution in [0.1, 0.15) is 12.0 Å². The van der Waals surface area contributed by atoms with Crippen molar-refractivity contribution in [3.63, 3.8) is 0 Å². The molecule has 0 bridgehead atoms. The Morgan fingerprint density at radius 1 is 1.50 bits per heavy atom. The summed E-state index contributed by atoms with van der Waals surface area (Å²) in [4.78, 5) is 4.59. The molecule has 0 aliphatic carbocycles. The van der Waals surface area contributed by atoms with Gasteiger partial charge in [0.05, 0.1) is 12.3 Å². The first-order chi connectivity index (χ1) is 8.54. The molecule has 0 saturated carbocycles. The summed E-state index contributed by atoms with van der Waals surface area (Å²) < 4.78 is 1.84. The van der Waals surface area contributed by atoms with Crippen LogP contribution in [0.4, 0.5) is 0 Å². The highest BCUT2D eigenvalue weighted by atomic mass is 16.3. The van der Waals surface area contributed by atoms with Gasteiger partial charge >= 0.3 is 0 Å². The molecular formula is C13H24N4O. The molecule has 0 radical (unpaired) electrons. The second-order valence-electron chi connectivity index (χ2n) is 5.57. The van der Waals surface area contributed by atoms with Gasteiger partial charge in [-0.1, -0.05) is 0 Å². The molecular weight excluding hydrogens is 228 g/mol. The smallest absolute Gasteiger partial charge is 0.0682 e. The number of β-amino-alcohol motifs (C(OH)–C–C–N with tert-alkyl or cyclic N) is 1. The van der Waals surface area contributed by atoms with Gasteiger partial charge in [0.15, 0.2) is 0 Å². The van der Waals surface area contributed by atoms with E-state index in [1.807, 2.05) is 17.9 Å². The van der Waals surface area contributed by atoms with Crippen LogP contribution in [0.15, 0.2) is 12.4 Å². The van der Waals surface area contributed by atoms with Crippen LogP contribution in [0.2, 0.25) is 0 Å². The minimum absolute atomic E-state index is 0.163. The molecule has 0 amide bonds. The van der Waals surface area contributed by atoms with Crippen molar-refractivity contribution in [3.8, 4) is 0 Å². The molecule has 102 valence electrons. The molecule has 1 saturated heterocycles. The highest BCUT2D eigenvalue weighted by Crippen LogP contribution is 2.18. The zero-order valence-corrected chi connectivity index (χ0v) is 11.6. The highest BCUT2D eigenvalue weighted by Gasteiger charge is 2.30. The average molecular weight is 252 g/mol. The number of hydrogen-bond donors (Lipinski definition) is 1. The van der Waals surface area contributed by atoms with Gasteiger partial charge in [-0.3, -0.25) is 9.58 Å². The van der Waals surface area contributed by atoms with Crippen molar-refractivity contribution >= 4 is 0 Å². The van der Waals surface area contributed by atoms with E-state index < -0.39 is 0 Å². The predicted molar refractivity (Wildman–Crippen MR) is 71.5 cm³/mol. The Morgan fingerprint density at radius 3 is 2.89 bits per heavy atom. The van der Waals surface area contributed by atoms with Gasteiger partial charge in [-0.2, -0.15) is 5.10 Å². The molecule has 5 nitrogen and oxygen atoms in total. The number of aliphatic hydroxyl groups is 1. The van der Waals surface area contributed by atoms with Crippen molar-refractivity contribution in [1.29, 1.82) is 0 Å². The number of aromatic nitrogens is 2. The highest BCUT2D eigenvalue weighted by molar-refractivity contribution is 5.04. The van der Waals surface area contributed by atoms with Crippen LogP contribution in [-0.4, -0.2) is 70.6 Å². The minimum atomic E-state index is -0.163. The molecule has 1 aliphatic rings. The molecule has 1 N–H and O–H groups in total. The summed E-state index contributed by atoms with van der Waals surface area (Å²) in [7, 11) is 6.12. The molecule has 2 heterocycles. The molecule has 1 aromatic rings. The maximum atomic E-state index is 9.81. The summed E-state index contributed by atoms with van der Waals surface area (Å²) in [6, 6.07) is 0.478. The third kappa shape index (κ3) is 3.54. The van der Waals surface area contributed by atoms with Crippen LogP contribution < -0.4 is 0 Å². The van der Waals surface area contributed by atoms with Crippen molar-refractivity contribution in [3.05, 3.63) is 18.0 Å². The van der Waals surface area contributed by atoms with E-state index in [0.29, 0.717) is 6.04 Å². The zero-order chi connectivity index (χ0) is 13.1. The first kappa shape index (κ1) is 13.5. The molecule has 18 heavy (non-hydrogen) atoms. The number of hydrogen-bond acceptors (Lipinski definition) is 4. The van der Waals surface area contributed by atoms with Gasteiger partial charge in [0.2, 0.25) is 0 Å². The van der Waals surface area contributed by atoms with Crippen molar-refractivity contribution in [2.75, 3.05) is 33.7 Å². The molecule has 2 rings (SSSR count). The number of aliphatic hydroxyl groups excluding tert-OH is 1. The van der Waals surface area contributed by atoms with Crippen LogP contribution in [-0.2, 0) is 13.5 Å². The Morgan fingerprint density at radius 2 is 2.28 bits per heavy atom. The molecule has 1 aromatic heterocycles. The minimum Gasteiger partial charge on any atom is -0.392 e. The van der Waals surface area contributed by atoms with Gasteiger partial charge in [0, 0.05) is 38.9 Å². The van der Waals surface area contributed by atoms with Crippen molar-refractivity contribution < 1.29 is 5.11 Å². The third-order valence-electron chi connectivity index (χ3n) is 3.53. The number of likely N-dealkylation sites (N-methyl/N-ethyl adjacent to an activating group) is 1. The maximum Gasteiger partial charge on any atom is 0.0682 e. The lowest BCUT2D eigenvalue weighted by molar-refractivity contribution is 0.173. The van der Waals surface area contributed by atoms with Gasteiger partial charge in [0.1, 0.15) is 0 Å². The van der Waals surface area contributed by atoms with E-state index in [-0.39, 0.29) is 6.10 Å². The summed E-state index contributed by atoms with van der Waals surface area (Å²) >= 11 is 0. The summed E-state index contributed by atoms with van der Waals surface area (Å²) in [5.41, 5.74) is 1.27. The first-order valence-electron chi connectivity index (χ1n) is 6.59. The fourth-order valence-electron chi connectivity index (χ4n) is 2.72. The fraction of sp³-hybridized carbons (Fsp3) is 0.769. The molecule has 0 spiro atoms. The number of nitrogens with zero attached hydrogens (tertiary/aromatic N) is 4. The summed E-state index contributed by atoms with van der Waals surface area (Å²) in [5.74, 6) is 0. The fourth-order valence-corrected chi connectivity index (χ4v) is 2.72.